The second-order valence-corrected chi connectivity index (χ2v) is 4.15. The van der Waals surface area contributed by atoms with Crippen LogP contribution < -0.4 is 0 Å². The van der Waals surface area contributed by atoms with E-state index in [1.807, 2.05) is 13.0 Å². The molecule has 0 radical (unpaired) electrons. The fourth-order valence-electron chi connectivity index (χ4n) is 1.65. The van der Waals surface area contributed by atoms with Gasteiger partial charge in [-0.1, -0.05) is 12.2 Å². The average Bonchev–Trinajstić information content (AvgIpc) is 2.35. The topological polar surface area (TPSA) is 71.1 Å². The Morgan fingerprint density at radius 2 is 1.74 bits per heavy atom. The van der Waals surface area contributed by atoms with E-state index >= 15 is 0 Å². The number of hydrogen-bond acceptors (Lipinski definition) is 6. The van der Waals surface area contributed by atoms with E-state index < -0.39 is 6.29 Å². The van der Waals surface area contributed by atoms with E-state index in [4.69, 9.17) is 18.9 Å². The first kappa shape index (κ1) is 15.7. The second kappa shape index (κ2) is 7.91. The maximum absolute atomic E-state index is 10.8. The molecule has 0 bridgehead atoms. The smallest absolute Gasteiger partial charge is 0.302 e. The Morgan fingerprint density at radius 3 is 2.32 bits per heavy atom. The van der Waals surface area contributed by atoms with Crippen molar-refractivity contribution in [1.29, 1.82) is 0 Å². The van der Waals surface area contributed by atoms with Gasteiger partial charge in [-0.15, -0.1) is 0 Å². The van der Waals surface area contributed by atoms with Crippen molar-refractivity contribution in [2.45, 2.75) is 33.2 Å². The monoisotopic (exact) mass is 272 g/mol. The maximum atomic E-state index is 10.8. The van der Waals surface area contributed by atoms with Gasteiger partial charge in [-0.05, 0) is 6.92 Å². The minimum Gasteiger partial charge on any atom is -0.465 e. The molecule has 1 heterocycles. The van der Waals surface area contributed by atoms with Crippen LogP contribution in [0, 0.1) is 5.92 Å². The summed E-state index contributed by atoms with van der Waals surface area (Å²) in [7, 11) is 0. The van der Waals surface area contributed by atoms with Crippen LogP contribution >= 0.6 is 0 Å². The molecule has 1 aliphatic rings. The van der Waals surface area contributed by atoms with Crippen LogP contribution in [-0.4, -0.2) is 44.2 Å². The Balaban J connectivity index is 2.54. The summed E-state index contributed by atoms with van der Waals surface area (Å²) in [5.41, 5.74) is 0. The molecule has 1 rings (SSSR count). The largest absolute Gasteiger partial charge is 0.465 e. The van der Waals surface area contributed by atoms with Crippen LogP contribution in [0.5, 0.6) is 0 Å². The van der Waals surface area contributed by atoms with Crippen LogP contribution in [0.2, 0.25) is 0 Å². The highest BCUT2D eigenvalue weighted by Gasteiger charge is 2.29. The number of carbonyl (C=O) groups excluding carboxylic acids is 2. The van der Waals surface area contributed by atoms with Gasteiger partial charge in [0.1, 0.15) is 19.3 Å². The predicted octanol–water partition coefficient (Wildman–Crippen LogP) is 1.05. The zero-order chi connectivity index (χ0) is 14.3. The number of hydrogen-bond donors (Lipinski definition) is 0. The summed E-state index contributed by atoms with van der Waals surface area (Å²) < 4.78 is 20.9. The number of carbonyl (C=O) groups is 2. The van der Waals surface area contributed by atoms with Gasteiger partial charge >= 0.3 is 11.9 Å². The molecule has 0 saturated carbocycles. The molecule has 0 fully saturated rings. The van der Waals surface area contributed by atoms with E-state index in [0.29, 0.717) is 6.61 Å². The van der Waals surface area contributed by atoms with Gasteiger partial charge in [-0.3, -0.25) is 9.59 Å². The van der Waals surface area contributed by atoms with Crippen LogP contribution in [0.15, 0.2) is 12.2 Å². The Kier molecular flexibility index (Phi) is 6.52. The van der Waals surface area contributed by atoms with Gasteiger partial charge in [0.15, 0.2) is 6.29 Å². The summed E-state index contributed by atoms with van der Waals surface area (Å²) in [5.74, 6) is -0.852. The van der Waals surface area contributed by atoms with Crippen molar-refractivity contribution in [3.63, 3.8) is 0 Å². The predicted molar refractivity (Wildman–Crippen MR) is 66.2 cm³/mol. The van der Waals surface area contributed by atoms with Crippen LogP contribution in [0.1, 0.15) is 20.8 Å². The van der Waals surface area contributed by atoms with Gasteiger partial charge in [-0.2, -0.15) is 0 Å². The Bertz CT molecular complexity index is 338. The van der Waals surface area contributed by atoms with E-state index in [2.05, 4.69) is 0 Å². The Labute approximate surface area is 112 Å². The van der Waals surface area contributed by atoms with Crippen LogP contribution in [0.3, 0.4) is 0 Å². The summed E-state index contributed by atoms with van der Waals surface area (Å²) in [6, 6.07) is 0. The summed E-state index contributed by atoms with van der Waals surface area (Å²) in [4.78, 5) is 21.6. The van der Waals surface area contributed by atoms with E-state index in [1.165, 1.54) is 13.8 Å². The molecular weight excluding hydrogens is 252 g/mol. The highest BCUT2D eigenvalue weighted by Crippen LogP contribution is 2.21. The van der Waals surface area contributed by atoms with Gasteiger partial charge < -0.3 is 18.9 Å². The molecule has 108 valence electrons. The molecule has 6 nitrogen and oxygen atoms in total. The summed E-state index contributed by atoms with van der Waals surface area (Å²) in [6.07, 6.45) is 2.80. The van der Waals surface area contributed by atoms with Crippen molar-refractivity contribution in [3.05, 3.63) is 12.2 Å². The van der Waals surface area contributed by atoms with Crippen molar-refractivity contribution < 1.29 is 28.5 Å². The lowest BCUT2D eigenvalue weighted by Crippen LogP contribution is -2.38. The van der Waals surface area contributed by atoms with Crippen LogP contribution in [0.25, 0.3) is 0 Å². The van der Waals surface area contributed by atoms with Crippen LogP contribution in [-0.2, 0) is 28.5 Å². The molecule has 19 heavy (non-hydrogen) atoms. The molecule has 0 N–H and O–H groups in total. The molecule has 0 amide bonds. The zero-order valence-corrected chi connectivity index (χ0v) is 11.5. The van der Waals surface area contributed by atoms with Crippen LogP contribution in [0.4, 0.5) is 0 Å². The van der Waals surface area contributed by atoms with Crippen molar-refractivity contribution in [2.24, 2.45) is 5.92 Å². The maximum Gasteiger partial charge on any atom is 0.302 e. The molecule has 0 saturated heterocycles. The molecule has 0 spiro atoms. The molecule has 0 aromatic heterocycles. The zero-order valence-electron chi connectivity index (χ0n) is 11.5. The first-order valence-corrected chi connectivity index (χ1v) is 6.25. The quantitative estimate of drug-likeness (QED) is 0.531. The standard InChI is InChI=1S/C13H20O6/c1-4-16-13-11(7-17-9(2)14)5-6-12(19-13)8-18-10(3)15/h5-6,11-13H,4,7-8H2,1-3H3/t11-,12+,13+/m1/s1. The second-order valence-electron chi connectivity index (χ2n) is 4.15. The highest BCUT2D eigenvalue weighted by molar-refractivity contribution is 5.66. The van der Waals surface area contributed by atoms with Crippen molar-refractivity contribution in [2.75, 3.05) is 19.8 Å². The lowest BCUT2D eigenvalue weighted by molar-refractivity contribution is -0.202. The van der Waals surface area contributed by atoms with Gasteiger partial charge in [0.25, 0.3) is 0 Å². The van der Waals surface area contributed by atoms with Crippen molar-refractivity contribution in [1.82, 2.24) is 0 Å². The fourth-order valence-corrected chi connectivity index (χ4v) is 1.65. The summed E-state index contributed by atoms with van der Waals surface area (Å²) in [6.45, 7) is 5.39. The summed E-state index contributed by atoms with van der Waals surface area (Å²) in [5, 5.41) is 0. The van der Waals surface area contributed by atoms with Gasteiger partial charge in [0.2, 0.25) is 0 Å². The third-order valence-electron chi connectivity index (χ3n) is 2.49. The highest BCUT2D eigenvalue weighted by atomic mass is 16.7. The summed E-state index contributed by atoms with van der Waals surface area (Å²) >= 11 is 0. The molecule has 0 aliphatic carbocycles. The SMILES string of the molecule is CCO[C@H]1O[C@H](COC(C)=O)C=C[C@@H]1COC(C)=O. The lowest BCUT2D eigenvalue weighted by Gasteiger charge is -2.31. The van der Waals surface area contributed by atoms with Gasteiger partial charge in [0.05, 0.1) is 5.92 Å². The first-order valence-electron chi connectivity index (χ1n) is 6.25. The molecule has 0 aromatic rings. The van der Waals surface area contributed by atoms with Crippen molar-refractivity contribution >= 4 is 11.9 Å². The first-order chi connectivity index (χ1) is 9.02. The van der Waals surface area contributed by atoms with Gasteiger partial charge in [-0.25, -0.2) is 0 Å². The third kappa shape index (κ3) is 5.85. The normalized spacial score (nSPS) is 25.9. The number of ether oxygens (including phenoxy) is 4. The molecule has 0 unspecified atom stereocenters. The molecule has 3 atom stereocenters. The van der Waals surface area contributed by atoms with E-state index in [9.17, 15) is 9.59 Å². The third-order valence-corrected chi connectivity index (χ3v) is 2.49. The minimum atomic E-state index is -0.505. The van der Waals surface area contributed by atoms with E-state index in [-0.39, 0.29) is 37.2 Å². The Morgan fingerprint density at radius 1 is 1.11 bits per heavy atom. The van der Waals surface area contributed by atoms with E-state index in [1.54, 1.807) is 6.08 Å². The van der Waals surface area contributed by atoms with Crippen molar-refractivity contribution in [3.8, 4) is 0 Å². The van der Waals surface area contributed by atoms with Gasteiger partial charge in [0, 0.05) is 20.5 Å². The minimum absolute atomic E-state index is 0.149. The average molecular weight is 272 g/mol. The number of esters is 2. The number of rotatable bonds is 6. The molecular formula is C13H20O6. The Hall–Kier alpha value is -1.40. The van der Waals surface area contributed by atoms with E-state index in [0.717, 1.165) is 0 Å². The molecule has 0 aromatic carbocycles. The fraction of sp³-hybridized carbons (Fsp3) is 0.692. The molecule has 6 heteroatoms. The lowest BCUT2D eigenvalue weighted by atomic mass is 10.1. The molecule has 1 aliphatic heterocycles.